The van der Waals surface area contributed by atoms with Crippen molar-refractivity contribution in [1.29, 1.82) is 0 Å². The zero-order valence-corrected chi connectivity index (χ0v) is 9.46. The van der Waals surface area contributed by atoms with Gasteiger partial charge < -0.3 is 4.74 Å². The second kappa shape index (κ2) is 3.99. The van der Waals surface area contributed by atoms with Gasteiger partial charge in [-0.15, -0.1) is 0 Å². The molecule has 88 valence electrons. The van der Waals surface area contributed by atoms with Crippen LogP contribution in [0.2, 0.25) is 0 Å². The summed E-state index contributed by atoms with van der Waals surface area (Å²) in [5.41, 5.74) is 0. The maximum absolute atomic E-state index is 12.0. The minimum Gasteiger partial charge on any atom is -0.422 e. The molecule has 2 bridgehead atoms. The average molecular weight is 230 g/mol. The highest BCUT2D eigenvalue weighted by Gasteiger charge is 2.41. The first-order chi connectivity index (χ1) is 8.24. The van der Waals surface area contributed by atoms with Crippen LogP contribution < -0.4 is 0 Å². The van der Waals surface area contributed by atoms with Crippen LogP contribution in [0.3, 0.4) is 0 Å². The van der Waals surface area contributed by atoms with Crippen molar-refractivity contribution in [1.82, 2.24) is 0 Å². The maximum atomic E-state index is 12.0. The largest absolute Gasteiger partial charge is 0.422 e. The van der Waals surface area contributed by atoms with Gasteiger partial charge in [-0.2, -0.15) is 0 Å². The molecule has 0 radical (unpaired) electrons. The molecule has 17 heavy (non-hydrogen) atoms. The van der Waals surface area contributed by atoms with E-state index in [0.717, 1.165) is 12.8 Å². The fraction of sp³-hybridized carbons (Fsp3) is 0.429. The van der Waals surface area contributed by atoms with Crippen molar-refractivity contribution in [2.75, 3.05) is 0 Å². The highest BCUT2D eigenvalue weighted by atomic mass is 16.5. The molecule has 0 aromatic carbocycles. The van der Waals surface area contributed by atoms with Gasteiger partial charge in [-0.25, -0.2) is 0 Å². The van der Waals surface area contributed by atoms with E-state index in [1.165, 1.54) is 0 Å². The number of allylic oxidation sites excluding steroid dienone is 6. The summed E-state index contributed by atoms with van der Waals surface area (Å²) >= 11 is 0. The summed E-state index contributed by atoms with van der Waals surface area (Å²) < 4.78 is 5.23. The van der Waals surface area contributed by atoms with Crippen LogP contribution in [0.4, 0.5) is 0 Å². The molecule has 0 N–H and O–H groups in total. The van der Waals surface area contributed by atoms with E-state index >= 15 is 0 Å². The number of carbonyl (C=O) groups excluding carboxylic acids is 2. The van der Waals surface area contributed by atoms with Gasteiger partial charge in [0.05, 0.1) is 5.92 Å². The molecule has 3 atom stereocenters. The normalized spacial score (nSPS) is 34.0. The highest BCUT2D eigenvalue weighted by Crippen LogP contribution is 2.44. The summed E-state index contributed by atoms with van der Waals surface area (Å²) in [7, 11) is 0. The Labute approximate surface area is 99.8 Å². The molecule has 3 rings (SSSR count). The quantitative estimate of drug-likeness (QED) is 0.539. The number of esters is 1. The van der Waals surface area contributed by atoms with Gasteiger partial charge in [-0.1, -0.05) is 24.3 Å². The lowest BCUT2D eigenvalue weighted by atomic mass is 9.94. The van der Waals surface area contributed by atoms with Crippen LogP contribution in [0.5, 0.6) is 0 Å². The van der Waals surface area contributed by atoms with Crippen LogP contribution in [0, 0.1) is 17.8 Å². The van der Waals surface area contributed by atoms with Gasteiger partial charge >= 0.3 is 5.97 Å². The number of fused-ring (bicyclic) bond motifs is 2. The van der Waals surface area contributed by atoms with E-state index in [1.54, 1.807) is 18.2 Å². The van der Waals surface area contributed by atoms with E-state index in [4.69, 9.17) is 4.74 Å². The first-order valence-corrected chi connectivity index (χ1v) is 6.04. The molecule has 0 heterocycles. The SMILES string of the molecule is O=C1CC=CC=C1OC(=O)C1CC2C=CC1C2. The number of rotatable bonds is 2. The van der Waals surface area contributed by atoms with Gasteiger partial charge in [0.15, 0.2) is 5.76 Å². The van der Waals surface area contributed by atoms with Gasteiger partial charge in [0.2, 0.25) is 5.78 Å². The van der Waals surface area contributed by atoms with Crippen LogP contribution in [-0.2, 0) is 14.3 Å². The van der Waals surface area contributed by atoms with Crippen LogP contribution >= 0.6 is 0 Å². The molecule has 3 aliphatic rings. The Kier molecular flexibility index (Phi) is 2.46. The number of carbonyl (C=O) groups is 2. The Bertz CT molecular complexity index is 456. The smallest absolute Gasteiger partial charge is 0.315 e. The first-order valence-electron chi connectivity index (χ1n) is 6.04. The molecule has 0 aromatic rings. The molecule has 3 unspecified atom stereocenters. The Morgan fingerprint density at radius 3 is 2.82 bits per heavy atom. The molecular formula is C14H14O3. The van der Waals surface area contributed by atoms with Crippen molar-refractivity contribution in [3.05, 3.63) is 36.1 Å². The van der Waals surface area contributed by atoms with E-state index in [2.05, 4.69) is 12.2 Å². The second-order valence-electron chi connectivity index (χ2n) is 4.89. The third-order valence-corrected chi connectivity index (χ3v) is 3.75. The number of ether oxygens (including phenoxy) is 1. The van der Waals surface area contributed by atoms with Gasteiger partial charge in [-0.3, -0.25) is 9.59 Å². The second-order valence-corrected chi connectivity index (χ2v) is 4.89. The first kappa shape index (κ1) is 10.5. The van der Waals surface area contributed by atoms with Crippen molar-refractivity contribution < 1.29 is 14.3 Å². The molecule has 0 amide bonds. The minimum atomic E-state index is -0.239. The van der Waals surface area contributed by atoms with Gasteiger partial charge in [0.25, 0.3) is 0 Å². The zero-order valence-electron chi connectivity index (χ0n) is 9.46. The Morgan fingerprint density at radius 2 is 2.18 bits per heavy atom. The zero-order chi connectivity index (χ0) is 11.8. The van der Waals surface area contributed by atoms with Crippen molar-refractivity contribution in [2.24, 2.45) is 17.8 Å². The van der Waals surface area contributed by atoms with Crippen LogP contribution in [0.1, 0.15) is 19.3 Å². The molecule has 3 heteroatoms. The average Bonchev–Trinajstić information content (AvgIpc) is 2.94. The van der Waals surface area contributed by atoms with E-state index in [9.17, 15) is 9.59 Å². The van der Waals surface area contributed by atoms with Gasteiger partial charge in [0.1, 0.15) is 0 Å². The summed E-state index contributed by atoms with van der Waals surface area (Å²) in [6.07, 6.45) is 11.6. The fourth-order valence-corrected chi connectivity index (χ4v) is 2.85. The number of Topliss-reactive ketones (excluding diaryl/α,β-unsaturated/α-hetero) is 1. The molecule has 0 saturated heterocycles. The third kappa shape index (κ3) is 1.86. The Balaban J connectivity index is 1.68. The monoisotopic (exact) mass is 230 g/mol. The number of ketones is 1. The van der Waals surface area contributed by atoms with E-state index in [-0.39, 0.29) is 23.4 Å². The van der Waals surface area contributed by atoms with Gasteiger partial charge in [0, 0.05) is 6.42 Å². The van der Waals surface area contributed by atoms with Crippen molar-refractivity contribution >= 4 is 11.8 Å². The Morgan fingerprint density at radius 1 is 1.29 bits per heavy atom. The van der Waals surface area contributed by atoms with Crippen LogP contribution in [-0.4, -0.2) is 11.8 Å². The van der Waals surface area contributed by atoms with Crippen molar-refractivity contribution in [2.45, 2.75) is 19.3 Å². The molecule has 1 fully saturated rings. The molecule has 0 spiro atoms. The number of hydrogen-bond acceptors (Lipinski definition) is 3. The highest BCUT2D eigenvalue weighted by molar-refractivity contribution is 5.98. The number of hydrogen-bond donors (Lipinski definition) is 0. The predicted octanol–water partition coefficient (Wildman–Crippen LogP) is 2.15. The van der Waals surface area contributed by atoms with Crippen LogP contribution in [0.25, 0.3) is 0 Å². The van der Waals surface area contributed by atoms with Crippen LogP contribution in [0.15, 0.2) is 36.1 Å². The molecular weight excluding hydrogens is 216 g/mol. The molecule has 1 saturated carbocycles. The summed E-state index contributed by atoms with van der Waals surface area (Å²) in [6, 6.07) is 0. The topological polar surface area (TPSA) is 43.4 Å². The van der Waals surface area contributed by atoms with E-state index in [1.807, 2.05) is 0 Å². The predicted molar refractivity (Wildman–Crippen MR) is 61.8 cm³/mol. The molecule has 0 aromatic heterocycles. The lowest BCUT2D eigenvalue weighted by Crippen LogP contribution is -2.23. The third-order valence-electron chi connectivity index (χ3n) is 3.75. The van der Waals surface area contributed by atoms with E-state index in [0.29, 0.717) is 18.3 Å². The van der Waals surface area contributed by atoms with Crippen molar-refractivity contribution in [3.8, 4) is 0 Å². The molecule has 3 aliphatic carbocycles. The van der Waals surface area contributed by atoms with E-state index < -0.39 is 0 Å². The summed E-state index contributed by atoms with van der Waals surface area (Å²) in [4.78, 5) is 23.5. The van der Waals surface area contributed by atoms with Crippen molar-refractivity contribution in [3.63, 3.8) is 0 Å². The standard InChI is InChI=1S/C14H14O3/c15-12-3-1-2-4-13(12)17-14(16)11-8-9-5-6-10(11)7-9/h1-2,4-6,9-11H,3,7-8H2. The lowest BCUT2D eigenvalue weighted by molar-refractivity contribution is -0.147. The summed E-state index contributed by atoms with van der Waals surface area (Å²) in [5, 5.41) is 0. The fourth-order valence-electron chi connectivity index (χ4n) is 2.85. The maximum Gasteiger partial charge on any atom is 0.315 e. The summed E-state index contributed by atoms with van der Waals surface area (Å²) in [5.74, 6) is 0.654. The Hall–Kier alpha value is -1.64. The van der Waals surface area contributed by atoms with Gasteiger partial charge in [-0.05, 0) is 30.8 Å². The molecule has 3 nitrogen and oxygen atoms in total. The minimum absolute atomic E-state index is 0.0513. The summed E-state index contributed by atoms with van der Waals surface area (Å²) in [6.45, 7) is 0. The molecule has 0 aliphatic heterocycles. The lowest BCUT2D eigenvalue weighted by Gasteiger charge is -2.17.